The van der Waals surface area contributed by atoms with Gasteiger partial charge in [-0.3, -0.25) is 0 Å². The SMILES string of the molecule is C[Si](C)(C)C(c1ccccc1)(c1ccccc1)C(OC=PCl)c1ccccc1. The first-order valence-electron chi connectivity index (χ1n) is 9.46. The van der Waals surface area contributed by atoms with Crippen LogP contribution in [0.25, 0.3) is 0 Å². The average Bonchev–Trinajstić information content (AvgIpc) is 2.72. The van der Waals surface area contributed by atoms with E-state index in [2.05, 4.69) is 105 Å². The van der Waals surface area contributed by atoms with Crippen LogP contribution in [0.15, 0.2) is 91.0 Å². The average molecular weight is 425 g/mol. The normalized spacial score (nSPS) is 13.6. The summed E-state index contributed by atoms with van der Waals surface area (Å²) < 4.78 is 6.44. The maximum Gasteiger partial charge on any atom is 0.1000 e. The summed E-state index contributed by atoms with van der Waals surface area (Å²) in [6, 6.07) is 32.1. The lowest BCUT2D eigenvalue weighted by Gasteiger charge is -2.49. The zero-order valence-corrected chi connectivity index (χ0v) is 19.2. The minimum absolute atomic E-state index is 0.170. The Morgan fingerprint density at radius 2 is 1.21 bits per heavy atom. The molecule has 144 valence electrons. The highest BCUT2D eigenvalue weighted by Gasteiger charge is 2.53. The summed E-state index contributed by atoms with van der Waals surface area (Å²) in [4.78, 5) is 0. The van der Waals surface area contributed by atoms with Gasteiger partial charge in [-0.1, -0.05) is 122 Å². The van der Waals surface area contributed by atoms with Gasteiger partial charge >= 0.3 is 0 Å². The molecular formula is C24H26ClOPSi. The minimum atomic E-state index is -1.91. The monoisotopic (exact) mass is 424 g/mol. The molecule has 0 N–H and O–H groups in total. The zero-order valence-electron chi connectivity index (χ0n) is 16.5. The molecule has 1 atom stereocenters. The van der Waals surface area contributed by atoms with E-state index in [0.717, 1.165) is 5.56 Å². The van der Waals surface area contributed by atoms with Gasteiger partial charge in [-0.25, -0.2) is 0 Å². The van der Waals surface area contributed by atoms with Gasteiger partial charge < -0.3 is 4.74 Å². The molecule has 1 unspecified atom stereocenters. The third kappa shape index (κ3) is 4.02. The second-order valence-corrected chi connectivity index (χ2v) is 14.2. The van der Waals surface area contributed by atoms with Crippen LogP contribution in [0, 0.1) is 0 Å². The lowest BCUT2D eigenvalue weighted by molar-refractivity contribution is 0.164. The van der Waals surface area contributed by atoms with Crippen LogP contribution < -0.4 is 0 Å². The molecule has 0 saturated heterocycles. The quantitative estimate of drug-likeness (QED) is 0.282. The summed E-state index contributed by atoms with van der Waals surface area (Å²) in [5.74, 6) is 1.71. The Hall–Kier alpha value is -1.70. The van der Waals surface area contributed by atoms with Crippen LogP contribution in [0.1, 0.15) is 22.8 Å². The molecule has 0 radical (unpaired) electrons. The minimum Gasteiger partial charge on any atom is -0.339 e. The van der Waals surface area contributed by atoms with Crippen molar-refractivity contribution in [2.75, 3.05) is 0 Å². The molecule has 0 aliphatic carbocycles. The number of hydrogen-bond acceptors (Lipinski definition) is 1. The van der Waals surface area contributed by atoms with Crippen molar-refractivity contribution in [3.05, 3.63) is 108 Å². The van der Waals surface area contributed by atoms with E-state index in [9.17, 15) is 0 Å². The van der Waals surface area contributed by atoms with Gasteiger partial charge in [-0.15, -0.1) is 0 Å². The molecule has 0 amide bonds. The molecule has 28 heavy (non-hydrogen) atoms. The van der Waals surface area contributed by atoms with Crippen molar-refractivity contribution in [1.82, 2.24) is 0 Å². The molecule has 0 aromatic heterocycles. The summed E-state index contributed by atoms with van der Waals surface area (Å²) in [5.41, 5.74) is 3.73. The van der Waals surface area contributed by atoms with Crippen molar-refractivity contribution >= 4 is 32.9 Å². The Bertz CT molecular complexity index is 853. The Kier molecular flexibility index (Phi) is 6.90. The number of halogens is 1. The lowest BCUT2D eigenvalue weighted by atomic mass is 9.82. The van der Waals surface area contributed by atoms with Gasteiger partial charge in [0.05, 0.1) is 20.2 Å². The van der Waals surface area contributed by atoms with Gasteiger partial charge in [0.15, 0.2) is 0 Å². The third-order valence-electron chi connectivity index (χ3n) is 5.37. The fourth-order valence-electron chi connectivity index (χ4n) is 4.27. The standard InChI is InChI=1S/C24H26ClOPSi/c1-28(2,3)24(21-15-9-5-10-16-21,22-17-11-6-12-18-22)23(26-19-27-25)20-13-7-4-8-14-20/h4-19,23H,1-3H3. The first-order chi connectivity index (χ1) is 13.5. The van der Waals surface area contributed by atoms with Crippen molar-refractivity contribution in [2.24, 2.45) is 0 Å². The molecule has 0 aliphatic heterocycles. The second-order valence-electron chi connectivity index (χ2n) is 7.92. The van der Waals surface area contributed by atoms with Crippen LogP contribution in [-0.4, -0.2) is 14.1 Å². The molecule has 0 spiro atoms. The summed E-state index contributed by atoms with van der Waals surface area (Å²) in [6.45, 7) is 7.26. The molecule has 3 rings (SSSR count). The Morgan fingerprint density at radius 3 is 1.61 bits per heavy atom. The Morgan fingerprint density at radius 1 is 0.786 bits per heavy atom. The molecule has 3 aromatic rings. The highest BCUT2D eigenvalue weighted by Crippen LogP contribution is 2.51. The summed E-state index contributed by atoms with van der Waals surface area (Å²) in [7, 11) is -1.31. The Balaban J connectivity index is 2.39. The number of rotatable bonds is 7. The molecule has 3 aromatic carbocycles. The van der Waals surface area contributed by atoms with Gasteiger partial charge in [-0.2, -0.15) is 0 Å². The van der Waals surface area contributed by atoms with Gasteiger partial charge in [0.25, 0.3) is 0 Å². The summed E-state index contributed by atoms with van der Waals surface area (Å²) in [6.07, 6.45) is -0.170. The van der Waals surface area contributed by atoms with Crippen molar-refractivity contribution < 1.29 is 4.74 Å². The largest absolute Gasteiger partial charge is 0.339 e. The first kappa shape index (κ1) is 21.0. The van der Waals surface area contributed by atoms with Crippen LogP contribution in [0.4, 0.5) is 0 Å². The van der Waals surface area contributed by atoms with E-state index in [1.165, 1.54) is 11.1 Å². The third-order valence-corrected chi connectivity index (χ3v) is 9.02. The molecule has 0 bridgehead atoms. The molecule has 0 heterocycles. The van der Waals surface area contributed by atoms with Gasteiger partial charge in [0, 0.05) is 12.6 Å². The van der Waals surface area contributed by atoms with Crippen molar-refractivity contribution in [1.29, 1.82) is 0 Å². The van der Waals surface area contributed by atoms with E-state index in [-0.39, 0.29) is 11.1 Å². The molecule has 4 heteroatoms. The van der Waals surface area contributed by atoms with E-state index in [1.807, 2.05) is 6.07 Å². The van der Waals surface area contributed by atoms with Gasteiger partial charge in [-0.05, 0) is 16.7 Å². The van der Waals surface area contributed by atoms with Crippen LogP contribution in [0.2, 0.25) is 19.6 Å². The van der Waals surface area contributed by atoms with E-state index < -0.39 is 8.07 Å². The number of benzene rings is 3. The fraction of sp³-hybridized carbons (Fsp3) is 0.208. The Labute approximate surface area is 175 Å². The topological polar surface area (TPSA) is 9.23 Å². The number of ether oxygens (including phenoxy) is 1. The summed E-state index contributed by atoms with van der Waals surface area (Å²) >= 11 is 5.99. The predicted octanol–water partition coefficient (Wildman–Crippen LogP) is 7.47. The summed E-state index contributed by atoms with van der Waals surface area (Å²) in [5, 5.41) is -0.283. The lowest BCUT2D eigenvalue weighted by Crippen LogP contribution is -2.55. The van der Waals surface area contributed by atoms with Crippen LogP contribution in [0.3, 0.4) is 0 Å². The highest BCUT2D eigenvalue weighted by atomic mass is 35.7. The van der Waals surface area contributed by atoms with Gasteiger partial charge in [0.2, 0.25) is 0 Å². The second kappa shape index (κ2) is 9.20. The molecule has 1 nitrogen and oxygen atoms in total. The van der Waals surface area contributed by atoms with E-state index in [4.69, 9.17) is 16.0 Å². The highest BCUT2D eigenvalue weighted by molar-refractivity contribution is 7.67. The fourth-order valence-corrected chi connectivity index (χ4v) is 7.67. The zero-order chi connectivity index (χ0) is 20.0. The van der Waals surface area contributed by atoms with Crippen LogP contribution in [-0.2, 0) is 9.78 Å². The molecule has 0 aliphatic rings. The predicted molar refractivity (Wildman–Crippen MR) is 126 cm³/mol. The van der Waals surface area contributed by atoms with Crippen LogP contribution >= 0.6 is 18.8 Å². The number of hydrogen-bond donors (Lipinski definition) is 0. The van der Waals surface area contributed by atoms with Crippen LogP contribution in [0.5, 0.6) is 0 Å². The van der Waals surface area contributed by atoms with Crippen molar-refractivity contribution in [2.45, 2.75) is 30.8 Å². The van der Waals surface area contributed by atoms with Crippen molar-refractivity contribution in [3.63, 3.8) is 0 Å². The maximum absolute atomic E-state index is 6.44. The maximum atomic E-state index is 6.44. The van der Waals surface area contributed by atoms with E-state index in [0.29, 0.717) is 7.56 Å². The smallest absolute Gasteiger partial charge is 0.1000 e. The van der Waals surface area contributed by atoms with E-state index >= 15 is 0 Å². The molecule has 0 fully saturated rings. The molecular weight excluding hydrogens is 399 g/mol. The van der Waals surface area contributed by atoms with E-state index in [1.54, 1.807) is 5.98 Å². The molecule has 0 saturated carbocycles. The van der Waals surface area contributed by atoms with Crippen molar-refractivity contribution in [3.8, 4) is 0 Å². The first-order valence-corrected chi connectivity index (χ1v) is 14.8. The van der Waals surface area contributed by atoms with Gasteiger partial charge in [0.1, 0.15) is 0 Å².